The maximum atomic E-state index is 6.33. The van der Waals surface area contributed by atoms with E-state index in [9.17, 15) is 0 Å². The second kappa shape index (κ2) is 7.21. The molecule has 0 radical (unpaired) electrons. The van der Waals surface area contributed by atoms with Crippen molar-refractivity contribution in [2.75, 3.05) is 6.26 Å². The lowest BCUT2D eigenvalue weighted by Gasteiger charge is -2.26. The highest BCUT2D eigenvalue weighted by molar-refractivity contribution is 7.99. The molecule has 1 N–H and O–H groups in total. The minimum absolute atomic E-state index is 0.322. The van der Waals surface area contributed by atoms with Crippen LogP contribution in [-0.2, 0) is 0 Å². The average Bonchev–Trinajstić information content (AvgIpc) is 2.84. The molecule has 0 bridgehead atoms. The Morgan fingerprint density at radius 2 is 2.16 bits per heavy atom. The lowest BCUT2D eigenvalue weighted by atomic mass is 10.0. The van der Waals surface area contributed by atoms with E-state index in [0.717, 1.165) is 16.7 Å². The van der Waals surface area contributed by atoms with Gasteiger partial charge in [0.25, 0.3) is 0 Å². The largest absolute Gasteiger partial charge is 0.306 e. The molecule has 0 saturated heterocycles. The molecule has 0 aromatic heterocycles. The Morgan fingerprint density at radius 1 is 1.37 bits per heavy atom. The summed E-state index contributed by atoms with van der Waals surface area (Å²) < 4.78 is 0. The monoisotopic (exact) mass is 317 g/mol. The van der Waals surface area contributed by atoms with Crippen molar-refractivity contribution in [2.24, 2.45) is 0 Å². The molecule has 1 aliphatic carbocycles. The van der Waals surface area contributed by atoms with Crippen LogP contribution < -0.4 is 5.32 Å². The first kappa shape index (κ1) is 15.5. The first-order chi connectivity index (χ1) is 9.15. The molecule has 1 fully saturated rings. The van der Waals surface area contributed by atoms with Gasteiger partial charge in [0, 0.05) is 27.4 Å². The number of hydrogen-bond acceptors (Lipinski definition) is 2. The third kappa shape index (κ3) is 3.81. The standard InChI is InChI=1S/C15H21Cl2NS/c1-3-13(11-8-7-10(16)9-12(11)17)18-14-5-4-6-15(14)19-2/h7-9,13-15,18H,3-6H2,1-2H3. The Morgan fingerprint density at radius 3 is 2.79 bits per heavy atom. The van der Waals surface area contributed by atoms with Crippen LogP contribution in [0.15, 0.2) is 18.2 Å². The summed E-state index contributed by atoms with van der Waals surface area (Å²) in [4.78, 5) is 0. The Balaban J connectivity index is 2.11. The molecule has 4 heteroatoms. The van der Waals surface area contributed by atoms with Crippen molar-refractivity contribution in [1.29, 1.82) is 0 Å². The molecule has 1 aromatic carbocycles. The Labute approximate surface area is 130 Å². The van der Waals surface area contributed by atoms with E-state index in [0.29, 0.717) is 17.1 Å². The second-order valence-corrected chi connectivity index (χ2v) is 7.03. The summed E-state index contributed by atoms with van der Waals surface area (Å²) in [7, 11) is 0. The van der Waals surface area contributed by atoms with Crippen LogP contribution in [0.2, 0.25) is 10.0 Å². The fourth-order valence-corrected chi connectivity index (χ4v) is 4.35. The zero-order valence-electron chi connectivity index (χ0n) is 11.5. The summed E-state index contributed by atoms with van der Waals surface area (Å²) in [5, 5.41) is 6.00. The third-order valence-corrected chi connectivity index (χ3v) is 5.65. The van der Waals surface area contributed by atoms with Crippen LogP contribution in [0.4, 0.5) is 0 Å². The van der Waals surface area contributed by atoms with Gasteiger partial charge in [0.15, 0.2) is 0 Å². The lowest BCUT2D eigenvalue weighted by molar-refractivity contribution is 0.436. The number of hydrogen-bond donors (Lipinski definition) is 1. The SMILES string of the molecule is CCC(NC1CCCC1SC)c1ccc(Cl)cc1Cl. The average molecular weight is 318 g/mol. The normalized spacial score (nSPS) is 24.6. The van der Waals surface area contributed by atoms with E-state index >= 15 is 0 Å². The van der Waals surface area contributed by atoms with E-state index in [1.165, 1.54) is 24.8 Å². The van der Waals surface area contributed by atoms with Gasteiger partial charge in [-0.3, -0.25) is 0 Å². The second-order valence-electron chi connectivity index (χ2n) is 5.10. The Hall–Kier alpha value is 0.110. The van der Waals surface area contributed by atoms with Crippen LogP contribution >= 0.6 is 35.0 Å². The molecule has 1 aromatic rings. The molecule has 1 nitrogen and oxygen atoms in total. The Bertz CT molecular complexity index is 425. The van der Waals surface area contributed by atoms with Gasteiger partial charge >= 0.3 is 0 Å². The topological polar surface area (TPSA) is 12.0 Å². The van der Waals surface area contributed by atoms with E-state index < -0.39 is 0 Å². The number of nitrogens with one attached hydrogen (secondary N) is 1. The van der Waals surface area contributed by atoms with Gasteiger partial charge in [0.05, 0.1) is 0 Å². The highest BCUT2D eigenvalue weighted by Crippen LogP contribution is 2.33. The molecular formula is C15H21Cl2NS. The van der Waals surface area contributed by atoms with E-state index in [2.05, 4.69) is 24.6 Å². The first-order valence-electron chi connectivity index (χ1n) is 6.89. The molecule has 1 saturated carbocycles. The minimum atomic E-state index is 0.322. The fourth-order valence-electron chi connectivity index (χ4n) is 2.87. The van der Waals surface area contributed by atoms with E-state index in [4.69, 9.17) is 23.2 Å². The van der Waals surface area contributed by atoms with Gasteiger partial charge < -0.3 is 5.32 Å². The molecule has 19 heavy (non-hydrogen) atoms. The van der Waals surface area contributed by atoms with Crippen molar-refractivity contribution in [3.05, 3.63) is 33.8 Å². The predicted molar refractivity (Wildman–Crippen MR) is 87.6 cm³/mol. The highest BCUT2D eigenvalue weighted by atomic mass is 35.5. The van der Waals surface area contributed by atoms with Crippen molar-refractivity contribution in [1.82, 2.24) is 5.32 Å². The molecule has 1 aliphatic rings. The van der Waals surface area contributed by atoms with Crippen LogP contribution in [-0.4, -0.2) is 17.5 Å². The zero-order chi connectivity index (χ0) is 13.8. The molecule has 0 aliphatic heterocycles. The van der Waals surface area contributed by atoms with Crippen molar-refractivity contribution < 1.29 is 0 Å². The fraction of sp³-hybridized carbons (Fsp3) is 0.600. The number of benzene rings is 1. The maximum absolute atomic E-state index is 6.33. The van der Waals surface area contributed by atoms with Gasteiger partial charge in [-0.1, -0.05) is 42.6 Å². The van der Waals surface area contributed by atoms with Crippen molar-refractivity contribution in [3.8, 4) is 0 Å². The molecular weight excluding hydrogens is 297 g/mol. The Kier molecular flexibility index (Phi) is 5.88. The number of rotatable bonds is 5. The molecule has 0 heterocycles. The smallest absolute Gasteiger partial charge is 0.0468 e. The molecule has 3 atom stereocenters. The molecule has 0 spiro atoms. The summed E-state index contributed by atoms with van der Waals surface area (Å²) in [6, 6.07) is 6.74. The quantitative estimate of drug-likeness (QED) is 0.789. The van der Waals surface area contributed by atoms with Crippen LogP contribution in [0.3, 0.4) is 0 Å². The van der Waals surface area contributed by atoms with Gasteiger partial charge in [-0.15, -0.1) is 0 Å². The molecule has 2 rings (SSSR count). The minimum Gasteiger partial charge on any atom is -0.306 e. The lowest BCUT2D eigenvalue weighted by Crippen LogP contribution is -2.36. The maximum Gasteiger partial charge on any atom is 0.0468 e. The summed E-state index contributed by atoms with van der Waals surface area (Å²) in [5.41, 5.74) is 1.17. The van der Waals surface area contributed by atoms with Crippen molar-refractivity contribution >= 4 is 35.0 Å². The van der Waals surface area contributed by atoms with Crippen LogP contribution in [0, 0.1) is 0 Å². The van der Waals surface area contributed by atoms with E-state index in [1.54, 1.807) is 0 Å². The molecule has 0 amide bonds. The van der Waals surface area contributed by atoms with Gasteiger partial charge in [-0.25, -0.2) is 0 Å². The van der Waals surface area contributed by atoms with E-state index in [1.807, 2.05) is 23.9 Å². The molecule has 106 valence electrons. The number of halogens is 2. The zero-order valence-corrected chi connectivity index (χ0v) is 13.8. The van der Waals surface area contributed by atoms with E-state index in [-0.39, 0.29) is 0 Å². The van der Waals surface area contributed by atoms with Crippen molar-refractivity contribution in [3.63, 3.8) is 0 Å². The number of thioether (sulfide) groups is 1. The summed E-state index contributed by atoms with van der Waals surface area (Å²) >= 11 is 14.3. The van der Waals surface area contributed by atoms with Crippen LogP contribution in [0.1, 0.15) is 44.2 Å². The summed E-state index contributed by atoms with van der Waals surface area (Å²) in [6.07, 6.45) is 7.17. The van der Waals surface area contributed by atoms with Crippen LogP contribution in [0.25, 0.3) is 0 Å². The van der Waals surface area contributed by atoms with Crippen molar-refractivity contribution in [2.45, 2.75) is 49.9 Å². The van der Waals surface area contributed by atoms with Gasteiger partial charge in [-0.2, -0.15) is 11.8 Å². The van der Waals surface area contributed by atoms with Gasteiger partial charge in [0.1, 0.15) is 0 Å². The highest BCUT2D eigenvalue weighted by Gasteiger charge is 2.28. The molecule has 3 unspecified atom stereocenters. The third-order valence-electron chi connectivity index (χ3n) is 3.92. The van der Waals surface area contributed by atoms with Gasteiger partial charge in [0.2, 0.25) is 0 Å². The van der Waals surface area contributed by atoms with Gasteiger partial charge in [-0.05, 0) is 43.2 Å². The predicted octanol–water partition coefficient (Wildman–Crippen LogP) is 5.32. The first-order valence-corrected chi connectivity index (χ1v) is 8.93. The van der Waals surface area contributed by atoms with Crippen LogP contribution in [0.5, 0.6) is 0 Å². The summed E-state index contributed by atoms with van der Waals surface area (Å²) in [6.45, 7) is 2.20. The summed E-state index contributed by atoms with van der Waals surface area (Å²) in [5.74, 6) is 0.